The predicted octanol–water partition coefficient (Wildman–Crippen LogP) is 1.51. The number of carbonyl (C=O) groups is 4. The average Bonchev–Trinajstić information content (AvgIpc) is 2.69. The molecule has 166 valence electrons. The number of carboxylic acid groups (broad SMARTS) is 2. The molecule has 2 rings (SSSR count). The Balaban J connectivity index is 0.000000325. The van der Waals surface area contributed by atoms with Crippen molar-refractivity contribution in [3.8, 4) is 0 Å². The molecule has 0 radical (unpaired) electrons. The van der Waals surface area contributed by atoms with E-state index in [0.717, 1.165) is 31.7 Å². The summed E-state index contributed by atoms with van der Waals surface area (Å²) in [4.78, 5) is 43.7. The van der Waals surface area contributed by atoms with E-state index in [2.05, 4.69) is 0 Å². The van der Waals surface area contributed by atoms with Crippen LogP contribution in [0.15, 0.2) is 24.3 Å². The summed E-state index contributed by atoms with van der Waals surface area (Å²) in [7, 11) is 0. The van der Waals surface area contributed by atoms with Crippen molar-refractivity contribution in [3.05, 3.63) is 35.4 Å². The van der Waals surface area contributed by atoms with Crippen molar-refractivity contribution in [2.24, 2.45) is 11.5 Å². The van der Waals surface area contributed by atoms with Gasteiger partial charge in [-0.05, 0) is 56.7 Å². The van der Waals surface area contributed by atoms with E-state index in [0.29, 0.717) is 19.6 Å². The molecule has 0 amide bonds. The van der Waals surface area contributed by atoms with Gasteiger partial charge in [-0.2, -0.15) is 0 Å². The summed E-state index contributed by atoms with van der Waals surface area (Å²) in [6.45, 7) is 0.795. The lowest BCUT2D eigenvalue weighted by Gasteiger charge is -2.22. The lowest BCUT2D eigenvalue weighted by molar-refractivity contribution is -0.151. The summed E-state index contributed by atoms with van der Waals surface area (Å²) in [6.07, 6.45) is 4.34. The molecule has 1 aromatic rings. The molecule has 10 heteroatoms. The Labute approximate surface area is 174 Å². The molecule has 1 saturated heterocycles. The first-order chi connectivity index (χ1) is 14.1. The van der Waals surface area contributed by atoms with Crippen LogP contribution in [-0.4, -0.2) is 53.0 Å². The van der Waals surface area contributed by atoms with E-state index < -0.39 is 23.6 Å². The third-order valence-electron chi connectivity index (χ3n) is 4.24. The van der Waals surface area contributed by atoms with Crippen molar-refractivity contribution in [3.63, 3.8) is 0 Å². The lowest BCUT2D eigenvalue weighted by atomic mass is 10.0. The molecule has 1 fully saturated rings. The number of rotatable bonds is 2. The molecule has 1 aliphatic heterocycles. The maximum Gasteiger partial charge on any atom is 0.340 e. The molecular weight excluding hydrogens is 396 g/mol. The summed E-state index contributed by atoms with van der Waals surface area (Å²) >= 11 is 0. The van der Waals surface area contributed by atoms with Gasteiger partial charge < -0.3 is 31.2 Å². The molecule has 0 aliphatic carbocycles. The van der Waals surface area contributed by atoms with E-state index >= 15 is 0 Å². The van der Waals surface area contributed by atoms with Crippen LogP contribution in [0.1, 0.15) is 65.7 Å². The second-order valence-electron chi connectivity index (χ2n) is 6.86. The minimum absolute atomic E-state index is 0.0186. The van der Waals surface area contributed by atoms with Crippen molar-refractivity contribution in [1.82, 2.24) is 0 Å². The van der Waals surface area contributed by atoms with Crippen molar-refractivity contribution in [2.75, 3.05) is 13.2 Å². The molecule has 1 aliphatic rings. The van der Waals surface area contributed by atoms with Gasteiger partial charge in [0.15, 0.2) is 5.66 Å². The first-order valence-corrected chi connectivity index (χ1v) is 9.61. The number of esters is 2. The van der Waals surface area contributed by atoms with Crippen LogP contribution in [0.25, 0.3) is 0 Å². The largest absolute Gasteiger partial charge is 0.478 e. The number of cyclic esters (lactones) is 2. The summed E-state index contributed by atoms with van der Waals surface area (Å²) in [5.41, 5.74) is 9.79. The highest BCUT2D eigenvalue weighted by Crippen LogP contribution is 2.11. The Bertz CT molecular complexity index is 719. The van der Waals surface area contributed by atoms with Crippen LogP contribution in [-0.2, 0) is 19.1 Å². The van der Waals surface area contributed by atoms with E-state index in [1.165, 1.54) is 18.2 Å². The molecule has 6 N–H and O–H groups in total. The summed E-state index contributed by atoms with van der Waals surface area (Å²) in [6, 6.07) is 5.20. The molecule has 30 heavy (non-hydrogen) atoms. The Kier molecular flexibility index (Phi) is 10.5. The van der Waals surface area contributed by atoms with Gasteiger partial charge in [0, 0.05) is 6.42 Å². The predicted molar refractivity (Wildman–Crippen MR) is 106 cm³/mol. The number of ether oxygens (including phenoxy) is 2. The van der Waals surface area contributed by atoms with Crippen LogP contribution >= 0.6 is 0 Å². The van der Waals surface area contributed by atoms with E-state index in [-0.39, 0.29) is 29.9 Å². The third kappa shape index (κ3) is 9.48. The number of aromatic carboxylic acids is 2. The van der Waals surface area contributed by atoms with Gasteiger partial charge in [-0.15, -0.1) is 0 Å². The second-order valence-corrected chi connectivity index (χ2v) is 6.86. The average molecular weight is 424 g/mol. The van der Waals surface area contributed by atoms with Crippen LogP contribution in [0, 0.1) is 0 Å². The van der Waals surface area contributed by atoms with Crippen LogP contribution in [0.2, 0.25) is 0 Å². The van der Waals surface area contributed by atoms with Crippen LogP contribution < -0.4 is 11.5 Å². The zero-order valence-electron chi connectivity index (χ0n) is 16.7. The van der Waals surface area contributed by atoms with Crippen LogP contribution in [0.4, 0.5) is 0 Å². The molecule has 1 heterocycles. The van der Waals surface area contributed by atoms with Gasteiger partial charge in [0.25, 0.3) is 0 Å². The highest BCUT2D eigenvalue weighted by molar-refractivity contribution is 5.93. The number of carboxylic acids is 2. The van der Waals surface area contributed by atoms with Crippen molar-refractivity contribution in [1.29, 1.82) is 0 Å². The molecule has 0 bridgehead atoms. The Hall–Kier alpha value is -2.98. The quantitative estimate of drug-likeness (QED) is 0.401. The molecule has 10 nitrogen and oxygen atoms in total. The minimum Gasteiger partial charge on any atom is -0.478 e. The monoisotopic (exact) mass is 424 g/mol. The molecule has 0 aromatic heterocycles. The topological polar surface area (TPSA) is 179 Å². The maximum absolute atomic E-state index is 11.6. The number of benzene rings is 1. The van der Waals surface area contributed by atoms with E-state index in [1.807, 2.05) is 0 Å². The maximum atomic E-state index is 11.6. The Morgan fingerprint density at radius 1 is 0.867 bits per heavy atom. The second kappa shape index (κ2) is 12.6. The van der Waals surface area contributed by atoms with Gasteiger partial charge in [-0.1, -0.05) is 6.07 Å². The summed E-state index contributed by atoms with van der Waals surface area (Å²) in [5, 5.41) is 17.0. The van der Waals surface area contributed by atoms with Gasteiger partial charge in [0.05, 0.1) is 24.3 Å². The molecule has 0 unspecified atom stereocenters. The zero-order chi connectivity index (χ0) is 22.6. The van der Waals surface area contributed by atoms with E-state index in [9.17, 15) is 19.2 Å². The summed E-state index contributed by atoms with van der Waals surface area (Å²) in [5.74, 6) is -3.12. The van der Waals surface area contributed by atoms with Gasteiger partial charge in [0.1, 0.15) is 0 Å². The standard InChI is InChI=1S/C12H22N2O4.C8H6O4/c13-12(14)7-5-6-10(15)17-8-3-1-2-4-9-18-11(12)16;9-7(10)5-2-1-3-6(4-5)8(11)12/h1-9,13-14H2;1-4H,(H,9,10)(H,11,12). The number of carbonyl (C=O) groups excluding carboxylic acids is 2. The first kappa shape index (κ1) is 25.1. The third-order valence-corrected chi connectivity index (χ3v) is 4.24. The van der Waals surface area contributed by atoms with Gasteiger partial charge in [-0.3, -0.25) is 4.79 Å². The minimum atomic E-state index is -1.51. The smallest absolute Gasteiger partial charge is 0.340 e. The molecule has 0 saturated carbocycles. The zero-order valence-corrected chi connectivity index (χ0v) is 16.7. The first-order valence-electron chi connectivity index (χ1n) is 9.61. The van der Waals surface area contributed by atoms with Crippen molar-refractivity contribution in [2.45, 2.75) is 50.6 Å². The molecule has 0 atom stereocenters. The van der Waals surface area contributed by atoms with Crippen LogP contribution in [0.3, 0.4) is 0 Å². The fourth-order valence-corrected chi connectivity index (χ4v) is 2.53. The number of hydrogen-bond acceptors (Lipinski definition) is 8. The Morgan fingerprint density at radius 2 is 1.40 bits per heavy atom. The van der Waals surface area contributed by atoms with E-state index in [1.54, 1.807) is 0 Å². The summed E-state index contributed by atoms with van der Waals surface area (Å²) < 4.78 is 10.1. The van der Waals surface area contributed by atoms with E-state index in [4.69, 9.17) is 31.2 Å². The number of nitrogens with two attached hydrogens (primary N) is 2. The van der Waals surface area contributed by atoms with Gasteiger partial charge >= 0.3 is 23.9 Å². The fraction of sp³-hybridized carbons (Fsp3) is 0.500. The lowest BCUT2D eigenvalue weighted by Crippen LogP contribution is -2.57. The van der Waals surface area contributed by atoms with Crippen molar-refractivity contribution >= 4 is 23.9 Å². The van der Waals surface area contributed by atoms with Gasteiger partial charge in [0.2, 0.25) is 0 Å². The highest BCUT2D eigenvalue weighted by atomic mass is 16.5. The fourth-order valence-electron chi connectivity index (χ4n) is 2.53. The molecule has 0 spiro atoms. The molecule has 1 aromatic carbocycles. The van der Waals surface area contributed by atoms with Crippen molar-refractivity contribution < 1.29 is 38.9 Å². The SMILES string of the molecule is NC1(N)CCCC(=O)OCCCCCCOC1=O.O=C(O)c1cccc(C(=O)O)c1. The van der Waals surface area contributed by atoms with Crippen LogP contribution in [0.5, 0.6) is 0 Å². The highest BCUT2D eigenvalue weighted by Gasteiger charge is 2.30. The van der Waals surface area contributed by atoms with Gasteiger partial charge in [-0.25, -0.2) is 14.4 Å². The number of hydrogen-bond donors (Lipinski definition) is 4. The molecular formula is C20H28N2O8. The normalized spacial score (nSPS) is 17.9. The Morgan fingerprint density at radius 3 is 1.93 bits per heavy atom.